The van der Waals surface area contributed by atoms with Crippen LogP contribution in [-0.2, 0) is 20.9 Å². The molecule has 3 aromatic carbocycles. The summed E-state index contributed by atoms with van der Waals surface area (Å²) in [5.41, 5.74) is 0.649. The number of benzene rings is 3. The summed E-state index contributed by atoms with van der Waals surface area (Å²) < 4.78 is 15.8. The van der Waals surface area contributed by atoms with E-state index in [9.17, 15) is 29.3 Å². The van der Waals surface area contributed by atoms with Crippen molar-refractivity contribution in [3.63, 3.8) is 0 Å². The van der Waals surface area contributed by atoms with Crippen molar-refractivity contribution in [2.75, 3.05) is 26.1 Å². The Morgan fingerprint density at radius 3 is 2.48 bits per heavy atom. The van der Waals surface area contributed by atoms with Crippen molar-refractivity contribution in [2.45, 2.75) is 6.61 Å². The quantitative estimate of drug-likeness (QED) is 0.138. The second kappa shape index (κ2) is 13.2. The molecule has 1 saturated heterocycles. The zero-order chi connectivity index (χ0) is 30.4. The zero-order valence-corrected chi connectivity index (χ0v) is 23.7. The molecule has 0 atom stereocenters. The fraction of sp³-hybridized carbons (Fsp3) is 0.143. The molecule has 14 heteroatoms. The molecule has 1 aliphatic heterocycles. The van der Waals surface area contributed by atoms with Gasteiger partial charge in [0, 0.05) is 5.69 Å². The first-order chi connectivity index (χ1) is 20.1. The molecule has 0 bridgehead atoms. The van der Waals surface area contributed by atoms with E-state index in [2.05, 4.69) is 10.1 Å². The molecule has 0 spiro atoms. The van der Waals surface area contributed by atoms with Crippen molar-refractivity contribution in [1.29, 1.82) is 0 Å². The van der Waals surface area contributed by atoms with E-state index >= 15 is 0 Å². The lowest BCUT2D eigenvalue weighted by molar-refractivity contribution is -0.385. The fourth-order valence-electron chi connectivity index (χ4n) is 3.84. The standard InChI is InChI=1S/C28H22ClN3O9S/c1-39-22-10-17(21(32(37)38)13-23(22)41-15-16-6-4-3-5-7-16)11-24-26(34)31(28(36)42-24)14-25(33)30-18-8-9-20(29)19(12-18)27(35)40-2/h3-13H,14-15H2,1-2H3,(H,30,33)/b24-11+. The van der Waals surface area contributed by atoms with Crippen LogP contribution in [-0.4, -0.2) is 53.6 Å². The van der Waals surface area contributed by atoms with Crippen LogP contribution in [0.15, 0.2) is 65.6 Å². The van der Waals surface area contributed by atoms with Crippen LogP contribution >= 0.6 is 23.4 Å². The highest BCUT2D eigenvalue weighted by Crippen LogP contribution is 2.39. The second-order valence-electron chi connectivity index (χ2n) is 8.60. The number of carbonyl (C=O) groups is 4. The van der Waals surface area contributed by atoms with Crippen molar-refractivity contribution < 1.29 is 38.3 Å². The Bertz CT molecular complexity index is 1610. The molecule has 216 valence electrons. The monoisotopic (exact) mass is 611 g/mol. The number of hydrogen-bond donors (Lipinski definition) is 1. The minimum Gasteiger partial charge on any atom is -0.493 e. The number of ether oxygens (including phenoxy) is 3. The molecule has 0 aliphatic carbocycles. The summed E-state index contributed by atoms with van der Waals surface area (Å²) in [5, 5.41) is 13.7. The van der Waals surface area contributed by atoms with E-state index in [1.807, 2.05) is 30.3 Å². The van der Waals surface area contributed by atoms with Crippen LogP contribution in [0.5, 0.6) is 11.5 Å². The van der Waals surface area contributed by atoms with Crippen molar-refractivity contribution in [1.82, 2.24) is 4.90 Å². The highest BCUT2D eigenvalue weighted by Gasteiger charge is 2.37. The van der Waals surface area contributed by atoms with Crippen LogP contribution in [0.3, 0.4) is 0 Å². The Morgan fingerprint density at radius 1 is 1.07 bits per heavy atom. The minimum absolute atomic E-state index is 0.00429. The summed E-state index contributed by atoms with van der Waals surface area (Å²) in [7, 11) is 2.54. The Kier molecular flexibility index (Phi) is 9.45. The lowest BCUT2D eigenvalue weighted by Gasteiger charge is -2.13. The molecule has 1 aliphatic rings. The zero-order valence-electron chi connectivity index (χ0n) is 22.1. The summed E-state index contributed by atoms with van der Waals surface area (Å²) >= 11 is 6.51. The third-order valence-electron chi connectivity index (χ3n) is 5.86. The van der Waals surface area contributed by atoms with E-state index in [0.717, 1.165) is 5.56 Å². The van der Waals surface area contributed by atoms with Gasteiger partial charge in [0.2, 0.25) is 5.91 Å². The van der Waals surface area contributed by atoms with Crippen molar-refractivity contribution in [3.05, 3.63) is 97.4 Å². The molecular weight excluding hydrogens is 590 g/mol. The van der Waals surface area contributed by atoms with Crippen molar-refractivity contribution >= 4 is 63.8 Å². The summed E-state index contributed by atoms with van der Waals surface area (Å²) in [4.78, 5) is 61.9. The van der Waals surface area contributed by atoms with Crippen LogP contribution in [0.1, 0.15) is 21.5 Å². The largest absolute Gasteiger partial charge is 0.493 e. The predicted octanol–water partition coefficient (Wildman–Crippen LogP) is 5.30. The van der Waals surface area contributed by atoms with E-state index in [1.165, 1.54) is 50.6 Å². The first kappa shape index (κ1) is 30.1. The summed E-state index contributed by atoms with van der Waals surface area (Å²) in [6.45, 7) is -0.509. The molecule has 1 heterocycles. The number of amides is 3. The van der Waals surface area contributed by atoms with Gasteiger partial charge >= 0.3 is 5.97 Å². The normalized spacial score (nSPS) is 13.7. The molecule has 3 aromatic rings. The van der Waals surface area contributed by atoms with Crippen LogP contribution in [0.25, 0.3) is 6.08 Å². The predicted molar refractivity (Wildman–Crippen MR) is 155 cm³/mol. The first-order valence-electron chi connectivity index (χ1n) is 12.1. The van der Waals surface area contributed by atoms with Gasteiger partial charge in [-0.25, -0.2) is 4.79 Å². The van der Waals surface area contributed by atoms with Crippen molar-refractivity contribution in [2.24, 2.45) is 0 Å². The van der Waals surface area contributed by atoms with Crippen LogP contribution < -0.4 is 14.8 Å². The number of anilines is 1. The van der Waals surface area contributed by atoms with Crippen LogP contribution in [0, 0.1) is 10.1 Å². The van der Waals surface area contributed by atoms with E-state index in [0.29, 0.717) is 16.7 Å². The van der Waals surface area contributed by atoms with Gasteiger partial charge in [-0.15, -0.1) is 0 Å². The van der Waals surface area contributed by atoms with Gasteiger partial charge < -0.3 is 19.5 Å². The van der Waals surface area contributed by atoms with Gasteiger partial charge in [0.05, 0.1) is 46.3 Å². The Hall–Kier alpha value is -4.88. The maximum absolute atomic E-state index is 13.0. The molecule has 0 radical (unpaired) electrons. The number of nitro groups is 1. The number of imide groups is 1. The Morgan fingerprint density at radius 2 is 1.81 bits per heavy atom. The average Bonchev–Trinajstić information content (AvgIpc) is 3.24. The van der Waals surface area contributed by atoms with Gasteiger partial charge in [-0.3, -0.25) is 29.4 Å². The summed E-state index contributed by atoms with van der Waals surface area (Å²) in [6, 6.07) is 15.8. The van der Waals surface area contributed by atoms with Gasteiger partial charge in [0.1, 0.15) is 13.2 Å². The molecule has 42 heavy (non-hydrogen) atoms. The molecule has 0 unspecified atom stereocenters. The first-order valence-corrected chi connectivity index (χ1v) is 13.3. The van der Waals surface area contributed by atoms with Crippen molar-refractivity contribution in [3.8, 4) is 11.5 Å². The highest BCUT2D eigenvalue weighted by atomic mass is 35.5. The molecule has 3 amide bonds. The lowest BCUT2D eigenvalue weighted by atomic mass is 10.1. The van der Waals surface area contributed by atoms with E-state index in [-0.39, 0.29) is 50.5 Å². The maximum atomic E-state index is 13.0. The number of nitrogens with one attached hydrogen (secondary N) is 1. The molecule has 12 nitrogen and oxygen atoms in total. The smallest absolute Gasteiger partial charge is 0.339 e. The number of nitro benzene ring substituents is 1. The van der Waals surface area contributed by atoms with Crippen LogP contribution in [0.4, 0.5) is 16.2 Å². The van der Waals surface area contributed by atoms with Gasteiger partial charge in [-0.2, -0.15) is 0 Å². The average molecular weight is 612 g/mol. The third kappa shape index (κ3) is 6.87. The molecular formula is C28H22ClN3O9S. The number of esters is 1. The number of methoxy groups -OCH3 is 2. The number of nitrogens with zero attached hydrogens (tertiary/aromatic N) is 2. The molecule has 1 N–H and O–H groups in total. The molecule has 1 fully saturated rings. The topological polar surface area (TPSA) is 154 Å². The molecule has 4 rings (SSSR count). The second-order valence-corrected chi connectivity index (χ2v) is 10.00. The number of carbonyl (C=O) groups excluding carboxylic acids is 4. The lowest BCUT2D eigenvalue weighted by Crippen LogP contribution is -2.36. The molecule has 0 saturated carbocycles. The van der Waals surface area contributed by atoms with E-state index in [4.69, 9.17) is 21.1 Å². The van der Waals surface area contributed by atoms with Gasteiger partial charge in [0.25, 0.3) is 16.8 Å². The minimum atomic E-state index is -0.816. The highest BCUT2D eigenvalue weighted by molar-refractivity contribution is 8.18. The summed E-state index contributed by atoms with van der Waals surface area (Å²) in [5.74, 6) is -1.97. The summed E-state index contributed by atoms with van der Waals surface area (Å²) in [6.07, 6.45) is 1.19. The van der Waals surface area contributed by atoms with Crippen LogP contribution in [0.2, 0.25) is 5.02 Å². The number of hydrogen-bond acceptors (Lipinski definition) is 10. The van der Waals surface area contributed by atoms with Gasteiger partial charge in [-0.05, 0) is 47.7 Å². The Balaban J connectivity index is 1.52. The Labute approximate surface area is 248 Å². The number of thioether (sulfide) groups is 1. The number of halogens is 1. The number of rotatable bonds is 10. The van der Waals surface area contributed by atoms with E-state index in [1.54, 1.807) is 0 Å². The van der Waals surface area contributed by atoms with E-state index < -0.39 is 34.5 Å². The van der Waals surface area contributed by atoms with Gasteiger partial charge in [-0.1, -0.05) is 41.9 Å². The SMILES string of the molecule is COC(=O)c1cc(NC(=O)CN2C(=O)S/C(=C/c3cc(OC)c(OCc4ccccc4)cc3[N+](=O)[O-])C2=O)ccc1Cl. The van der Waals surface area contributed by atoms with Gasteiger partial charge in [0.15, 0.2) is 11.5 Å². The fourth-order valence-corrected chi connectivity index (χ4v) is 4.86. The third-order valence-corrected chi connectivity index (χ3v) is 7.10. The molecule has 0 aromatic heterocycles. The maximum Gasteiger partial charge on any atom is 0.339 e.